The molecule has 0 saturated carbocycles. The second kappa shape index (κ2) is 10.3. The van der Waals surface area contributed by atoms with Crippen LogP contribution in [0.2, 0.25) is 0 Å². The Balaban J connectivity index is 3.14. The molecule has 0 spiro atoms. The van der Waals surface area contributed by atoms with Gasteiger partial charge in [-0.25, -0.2) is 4.79 Å². The third kappa shape index (κ3) is 6.60. The van der Waals surface area contributed by atoms with Crippen LogP contribution in [0.25, 0.3) is 0 Å². The van der Waals surface area contributed by atoms with Gasteiger partial charge in [-0.1, -0.05) is 13.8 Å². The van der Waals surface area contributed by atoms with Gasteiger partial charge in [-0.2, -0.15) is 0 Å². The van der Waals surface area contributed by atoms with Crippen LogP contribution in [-0.2, 0) is 14.3 Å². The molecule has 9 nitrogen and oxygen atoms in total. The van der Waals surface area contributed by atoms with Crippen LogP contribution in [0.3, 0.4) is 0 Å². The summed E-state index contributed by atoms with van der Waals surface area (Å²) in [5, 5.41) is 11.4. The minimum Gasteiger partial charge on any atom is -0.493 e. The molecule has 30 heavy (non-hydrogen) atoms. The normalized spacial score (nSPS) is 11.6. The molecule has 0 aromatic heterocycles. The molecule has 1 rings (SSSR count). The van der Waals surface area contributed by atoms with Crippen LogP contribution in [0.15, 0.2) is 12.1 Å². The smallest absolute Gasteiger partial charge is 0.345 e. The maximum Gasteiger partial charge on any atom is 0.345 e. The van der Waals surface area contributed by atoms with Crippen LogP contribution in [0.4, 0.5) is 5.69 Å². The number of carbonyl (C=O) groups excluding carboxylic acids is 2. The molecule has 0 aliphatic heterocycles. The zero-order valence-corrected chi connectivity index (χ0v) is 18.7. The van der Waals surface area contributed by atoms with Crippen molar-refractivity contribution in [1.29, 1.82) is 0 Å². The van der Waals surface area contributed by atoms with Crippen LogP contribution >= 0.6 is 0 Å². The minimum absolute atomic E-state index is 0.0776. The molecule has 0 fully saturated rings. The number of hydrogen-bond acceptors (Lipinski definition) is 8. The predicted octanol–water partition coefficient (Wildman–Crippen LogP) is 4.16. The highest BCUT2D eigenvalue weighted by Gasteiger charge is 2.36. The summed E-state index contributed by atoms with van der Waals surface area (Å²) in [5.41, 5.74) is -1.83. The van der Waals surface area contributed by atoms with Crippen LogP contribution in [-0.4, -0.2) is 43.8 Å². The lowest BCUT2D eigenvalue weighted by Crippen LogP contribution is -2.35. The molecule has 1 aromatic carbocycles. The van der Waals surface area contributed by atoms with Gasteiger partial charge in [0.1, 0.15) is 5.56 Å². The van der Waals surface area contributed by atoms with Crippen LogP contribution in [0.1, 0.15) is 58.3 Å². The van der Waals surface area contributed by atoms with Gasteiger partial charge in [0.25, 0.3) is 5.69 Å². The molecule has 0 heterocycles. The zero-order chi connectivity index (χ0) is 23.1. The van der Waals surface area contributed by atoms with Crippen molar-refractivity contribution in [1.82, 2.24) is 0 Å². The predicted molar refractivity (Wildman–Crippen MR) is 110 cm³/mol. The first-order chi connectivity index (χ1) is 13.9. The van der Waals surface area contributed by atoms with Crippen molar-refractivity contribution in [3.05, 3.63) is 27.8 Å². The number of ether oxygens (including phenoxy) is 4. The van der Waals surface area contributed by atoms with E-state index >= 15 is 0 Å². The second-order valence-corrected chi connectivity index (χ2v) is 8.23. The van der Waals surface area contributed by atoms with Gasteiger partial charge in [0.15, 0.2) is 11.5 Å². The van der Waals surface area contributed by atoms with Crippen molar-refractivity contribution in [2.75, 3.05) is 26.9 Å². The molecule has 0 radical (unpaired) electrons. The molecule has 0 amide bonds. The van der Waals surface area contributed by atoms with Crippen molar-refractivity contribution >= 4 is 17.6 Å². The highest BCUT2D eigenvalue weighted by molar-refractivity contribution is 5.95. The van der Waals surface area contributed by atoms with Crippen molar-refractivity contribution in [2.45, 2.75) is 48.0 Å². The number of methoxy groups -OCH3 is 1. The number of nitrogens with zero attached hydrogens (tertiary/aromatic N) is 1. The second-order valence-electron chi connectivity index (χ2n) is 8.23. The summed E-state index contributed by atoms with van der Waals surface area (Å²) >= 11 is 0. The standard InChI is InChI=1S/C21H31NO8/c1-8-28-18(23)14-10-17(16(27-7)11-15(14)22(25)26)30-13-20(3,4)12-21(5,6)19(24)29-9-2/h10-11H,8-9,12-13H2,1-7H3. The first kappa shape index (κ1) is 25.2. The highest BCUT2D eigenvalue weighted by atomic mass is 16.6. The van der Waals surface area contributed by atoms with Gasteiger partial charge in [-0.05, 0) is 39.5 Å². The number of hydrogen-bond donors (Lipinski definition) is 0. The average Bonchev–Trinajstić information content (AvgIpc) is 2.65. The third-order valence-electron chi connectivity index (χ3n) is 4.34. The average molecular weight is 425 g/mol. The van der Waals surface area contributed by atoms with Crippen LogP contribution in [0, 0.1) is 20.9 Å². The lowest BCUT2D eigenvalue weighted by Gasteiger charge is -2.33. The lowest BCUT2D eigenvalue weighted by atomic mass is 9.75. The number of nitro groups is 1. The van der Waals surface area contributed by atoms with E-state index in [9.17, 15) is 19.7 Å². The number of benzene rings is 1. The van der Waals surface area contributed by atoms with E-state index in [-0.39, 0.29) is 36.2 Å². The molecule has 0 bridgehead atoms. The van der Waals surface area contributed by atoms with Crippen LogP contribution in [0.5, 0.6) is 11.5 Å². The molecule has 0 N–H and O–H groups in total. The Hall–Kier alpha value is -2.84. The van der Waals surface area contributed by atoms with Gasteiger partial charge < -0.3 is 18.9 Å². The molecule has 0 aliphatic carbocycles. The molecule has 9 heteroatoms. The van der Waals surface area contributed by atoms with E-state index in [1.54, 1.807) is 27.7 Å². The van der Waals surface area contributed by atoms with E-state index in [0.717, 1.165) is 6.07 Å². The fraction of sp³-hybridized carbons (Fsp3) is 0.619. The first-order valence-corrected chi connectivity index (χ1v) is 9.72. The SMILES string of the molecule is CCOC(=O)c1cc(OCC(C)(C)CC(C)(C)C(=O)OCC)c(OC)cc1[N+](=O)[O-]. The summed E-state index contributed by atoms with van der Waals surface area (Å²) in [7, 11) is 1.35. The summed E-state index contributed by atoms with van der Waals surface area (Å²) in [6.45, 7) is 11.4. The van der Waals surface area contributed by atoms with E-state index in [2.05, 4.69) is 0 Å². The zero-order valence-electron chi connectivity index (χ0n) is 18.7. The maximum atomic E-state index is 12.2. The molecule has 0 unspecified atom stereocenters. The maximum absolute atomic E-state index is 12.2. The van der Waals surface area contributed by atoms with Crippen molar-refractivity contribution in [3.8, 4) is 11.5 Å². The fourth-order valence-corrected chi connectivity index (χ4v) is 3.26. The lowest BCUT2D eigenvalue weighted by molar-refractivity contribution is -0.385. The summed E-state index contributed by atoms with van der Waals surface area (Å²) in [5.74, 6) is -0.821. The Bertz CT molecular complexity index is 785. The number of esters is 2. The van der Waals surface area contributed by atoms with Gasteiger partial charge in [0.05, 0.1) is 43.3 Å². The largest absolute Gasteiger partial charge is 0.493 e. The van der Waals surface area contributed by atoms with Gasteiger partial charge >= 0.3 is 11.9 Å². The van der Waals surface area contributed by atoms with E-state index in [1.807, 2.05) is 13.8 Å². The van der Waals surface area contributed by atoms with Gasteiger partial charge in [-0.3, -0.25) is 14.9 Å². The Morgan fingerprint density at radius 3 is 2.13 bits per heavy atom. The molecule has 1 aromatic rings. The summed E-state index contributed by atoms with van der Waals surface area (Å²) in [6, 6.07) is 2.39. The van der Waals surface area contributed by atoms with E-state index in [1.165, 1.54) is 13.2 Å². The number of carbonyl (C=O) groups is 2. The number of rotatable bonds is 11. The van der Waals surface area contributed by atoms with Gasteiger partial charge in [0.2, 0.25) is 0 Å². The van der Waals surface area contributed by atoms with Crippen molar-refractivity contribution in [2.24, 2.45) is 10.8 Å². The van der Waals surface area contributed by atoms with E-state index < -0.39 is 27.4 Å². The topological polar surface area (TPSA) is 114 Å². The molecular formula is C21H31NO8. The summed E-state index contributed by atoms with van der Waals surface area (Å²) < 4.78 is 21.1. The molecular weight excluding hydrogens is 394 g/mol. The molecule has 0 saturated heterocycles. The fourth-order valence-electron chi connectivity index (χ4n) is 3.26. The summed E-state index contributed by atoms with van der Waals surface area (Å²) in [4.78, 5) is 35.1. The highest BCUT2D eigenvalue weighted by Crippen LogP contribution is 2.39. The van der Waals surface area contributed by atoms with Crippen LogP contribution < -0.4 is 9.47 Å². The van der Waals surface area contributed by atoms with Gasteiger partial charge in [0, 0.05) is 6.07 Å². The van der Waals surface area contributed by atoms with E-state index in [4.69, 9.17) is 18.9 Å². The minimum atomic E-state index is -0.820. The Labute approximate surface area is 176 Å². The molecule has 0 aliphatic rings. The van der Waals surface area contributed by atoms with E-state index in [0.29, 0.717) is 13.0 Å². The quantitative estimate of drug-likeness (QED) is 0.295. The number of nitro benzene ring substituents is 1. The van der Waals surface area contributed by atoms with Crippen molar-refractivity contribution < 1.29 is 33.5 Å². The Morgan fingerprint density at radius 1 is 1.03 bits per heavy atom. The monoisotopic (exact) mass is 425 g/mol. The first-order valence-electron chi connectivity index (χ1n) is 9.72. The van der Waals surface area contributed by atoms with Crippen molar-refractivity contribution in [3.63, 3.8) is 0 Å². The molecule has 0 atom stereocenters. The Kier molecular flexibility index (Phi) is 8.62. The molecule has 168 valence electrons. The Morgan fingerprint density at radius 2 is 1.63 bits per heavy atom. The summed E-state index contributed by atoms with van der Waals surface area (Å²) in [6.07, 6.45) is 0.471. The van der Waals surface area contributed by atoms with Gasteiger partial charge in [-0.15, -0.1) is 0 Å². The third-order valence-corrected chi connectivity index (χ3v) is 4.34.